The van der Waals surface area contributed by atoms with E-state index in [0.717, 1.165) is 35.2 Å². The minimum atomic E-state index is -0.651. The van der Waals surface area contributed by atoms with E-state index in [1.807, 2.05) is 48.6 Å². The standard InChI is InChI=1S/C22H31N3O4/c1-15(26)19-13-25(14-21(28)29-22(3,4)5)20-7-6-17(12-18(19)20)24-10-8-23(9-11-24)16(2)27/h6-7,12-13,15,26H,8-11,14H2,1-5H3. The van der Waals surface area contributed by atoms with E-state index < -0.39 is 11.7 Å². The molecule has 0 spiro atoms. The number of benzene rings is 1. The van der Waals surface area contributed by atoms with Crippen LogP contribution < -0.4 is 4.90 Å². The molecule has 1 aliphatic heterocycles. The molecular weight excluding hydrogens is 370 g/mol. The first-order valence-corrected chi connectivity index (χ1v) is 10.1. The molecule has 1 aromatic heterocycles. The fourth-order valence-electron chi connectivity index (χ4n) is 3.77. The molecule has 3 rings (SSSR count). The predicted molar refractivity (Wildman–Crippen MR) is 113 cm³/mol. The molecule has 1 atom stereocenters. The van der Waals surface area contributed by atoms with Crippen molar-refractivity contribution in [2.24, 2.45) is 0 Å². The van der Waals surface area contributed by atoms with E-state index in [9.17, 15) is 14.7 Å². The Morgan fingerprint density at radius 1 is 1.17 bits per heavy atom. The largest absolute Gasteiger partial charge is 0.459 e. The average molecular weight is 402 g/mol. The van der Waals surface area contributed by atoms with Crippen molar-refractivity contribution in [2.45, 2.75) is 52.9 Å². The number of amides is 1. The van der Waals surface area contributed by atoms with Gasteiger partial charge in [-0.3, -0.25) is 9.59 Å². The monoisotopic (exact) mass is 401 g/mol. The van der Waals surface area contributed by atoms with Crippen LogP contribution in [0, 0.1) is 0 Å². The highest BCUT2D eigenvalue weighted by Gasteiger charge is 2.22. The zero-order chi connectivity index (χ0) is 21.3. The molecule has 1 aliphatic rings. The Labute approximate surface area is 171 Å². The van der Waals surface area contributed by atoms with Crippen LogP contribution in [0.4, 0.5) is 5.69 Å². The van der Waals surface area contributed by atoms with Gasteiger partial charge in [0.15, 0.2) is 0 Å². The summed E-state index contributed by atoms with van der Waals surface area (Å²) >= 11 is 0. The molecule has 2 aromatic rings. The summed E-state index contributed by atoms with van der Waals surface area (Å²) < 4.78 is 7.28. The number of piperazine rings is 1. The van der Waals surface area contributed by atoms with Crippen molar-refractivity contribution in [3.8, 4) is 0 Å². The second kappa shape index (κ2) is 8.06. The van der Waals surface area contributed by atoms with Crippen molar-refractivity contribution in [1.29, 1.82) is 0 Å². The van der Waals surface area contributed by atoms with Gasteiger partial charge < -0.3 is 24.2 Å². The molecule has 0 aliphatic carbocycles. The maximum atomic E-state index is 12.3. The van der Waals surface area contributed by atoms with Gasteiger partial charge in [-0.15, -0.1) is 0 Å². The minimum absolute atomic E-state index is 0.0944. The van der Waals surface area contributed by atoms with Crippen molar-refractivity contribution in [3.63, 3.8) is 0 Å². The number of hydrogen-bond acceptors (Lipinski definition) is 5. The average Bonchev–Trinajstić information content (AvgIpc) is 2.98. The number of carbonyl (C=O) groups excluding carboxylic acids is 2. The van der Waals surface area contributed by atoms with Crippen LogP contribution >= 0.6 is 0 Å². The summed E-state index contributed by atoms with van der Waals surface area (Å²) in [6.45, 7) is 11.9. The number of rotatable bonds is 4. The van der Waals surface area contributed by atoms with Crippen LogP contribution in [0.1, 0.15) is 46.3 Å². The third-order valence-electron chi connectivity index (χ3n) is 5.16. The molecule has 1 N–H and O–H groups in total. The summed E-state index contributed by atoms with van der Waals surface area (Å²) in [5.74, 6) is -0.202. The first kappa shape index (κ1) is 21.2. The van der Waals surface area contributed by atoms with Gasteiger partial charge >= 0.3 is 5.97 Å². The van der Waals surface area contributed by atoms with Crippen LogP contribution in [-0.4, -0.2) is 58.2 Å². The van der Waals surface area contributed by atoms with Gasteiger partial charge in [-0.1, -0.05) is 0 Å². The minimum Gasteiger partial charge on any atom is -0.459 e. The Morgan fingerprint density at radius 2 is 1.83 bits per heavy atom. The van der Waals surface area contributed by atoms with E-state index in [1.165, 1.54) is 0 Å². The van der Waals surface area contributed by atoms with Crippen molar-refractivity contribution >= 4 is 28.5 Å². The molecule has 0 saturated carbocycles. The third-order valence-corrected chi connectivity index (χ3v) is 5.16. The summed E-state index contributed by atoms with van der Waals surface area (Å²) in [5, 5.41) is 11.2. The number of fused-ring (bicyclic) bond motifs is 1. The molecule has 1 amide bonds. The van der Waals surface area contributed by atoms with Crippen molar-refractivity contribution < 1.29 is 19.4 Å². The van der Waals surface area contributed by atoms with Gasteiger partial charge in [-0.25, -0.2) is 0 Å². The van der Waals surface area contributed by atoms with E-state index in [1.54, 1.807) is 13.8 Å². The van der Waals surface area contributed by atoms with Crippen LogP contribution in [0.3, 0.4) is 0 Å². The van der Waals surface area contributed by atoms with Gasteiger partial charge in [0.05, 0.1) is 6.10 Å². The second-order valence-corrected chi connectivity index (χ2v) is 8.67. The number of ether oxygens (including phenoxy) is 1. The zero-order valence-corrected chi connectivity index (χ0v) is 17.9. The van der Waals surface area contributed by atoms with Gasteiger partial charge in [0.25, 0.3) is 0 Å². The van der Waals surface area contributed by atoms with Crippen LogP contribution in [0.2, 0.25) is 0 Å². The Bertz CT molecular complexity index is 903. The summed E-state index contributed by atoms with van der Waals surface area (Å²) in [7, 11) is 0. The van der Waals surface area contributed by atoms with E-state index in [4.69, 9.17) is 4.74 Å². The van der Waals surface area contributed by atoms with Crippen molar-refractivity contribution in [2.75, 3.05) is 31.1 Å². The Hall–Kier alpha value is -2.54. The van der Waals surface area contributed by atoms with E-state index in [2.05, 4.69) is 11.0 Å². The zero-order valence-electron chi connectivity index (χ0n) is 17.9. The molecule has 158 valence electrons. The Balaban J connectivity index is 1.87. The fourth-order valence-corrected chi connectivity index (χ4v) is 3.77. The van der Waals surface area contributed by atoms with Crippen LogP contribution in [0.25, 0.3) is 10.9 Å². The number of esters is 1. The van der Waals surface area contributed by atoms with E-state index >= 15 is 0 Å². The van der Waals surface area contributed by atoms with Crippen LogP contribution in [-0.2, 0) is 20.9 Å². The first-order valence-electron chi connectivity index (χ1n) is 10.1. The van der Waals surface area contributed by atoms with Crippen LogP contribution in [0.5, 0.6) is 0 Å². The van der Waals surface area contributed by atoms with Crippen molar-refractivity contribution in [3.05, 3.63) is 30.0 Å². The van der Waals surface area contributed by atoms with Gasteiger partial charge in [0, 0.05) is 61.5 Å². The molecule has 7 nitrogen and oxygen atoms in total. The summed E-state index contributed by atoms with van der Waals surface area (Å²) in [4.78, 5) is 28.0. The lowest BCUT2D eigenvalue weighted by Crippen LogP contribution is -2.48. The SMILES string of the molecule is CC(=O)N1CCN(c2ccc3c(c2)c(C(C)O)cn3CC(=O)OC(C)(C)C)CC1. The number of aliphatic hydroxyl groups excluding tert-OH is 1. The number of aliphatic hydroxyl groups is 1. The second-order valence-electron chi connectivity index (χ2n) is 8.67. The molecule has 1 unspecified atom stereocenters. The van der Waals surface area contributed by atoms with Gasteiger partial charge in [-0.2, -0.15) is 0 Å². The molecule has 0 bridgehead atoms. The van der Waals surface area contributed by atoms with Crippen LogP contribution in [0.15, 0.2) is 24.4 Å². The highest BCUT2D eigenvalue weighted by Crippen LogP contribution is 2.31. The highest BCUT2D eigenvalue weighted by atomic mass is 16.6. The van der Waals surface area contributed by atoms with Gasteiger partial charge in [0.2, 0.25) is 5.91 Å². The number of anilines is 1. The number of aromatic nitrogens is 1. The molecule has 0 radical (unpaired) electrons. The van der Waals surface area contributed by atoms with E-state index in [-0.39, 0.29) is 18.4 Å². The van der Waals surface area contributed by atoms with Crippen molar-refractivity contribution in [1.82, 2.24) is 9.47 Å². The maximum absolute atomic E-state index is 12.3. The molecule has 1 aromatic carbocycles. The summed E-state index contributed by atoms with van der Waals surface area (Å²) in [6, 6.07) is 6.08. The molecule has 2 heterocycles. The summed E-state index contributed by atoms with van der Waals surface area (Å²) in [6.07, 6.45) is 1.18. The lowest BCUT2D eigenvalue weighted by Gasteiger charge is -2.35. The maximum Gasteiger partial charge on any atom is 0.326 e. The summed E-state index contributed by atoms with van der Waals surface area (Å²) in [5.41, 5.74) is 2.19. The predicted octanol–water partition coefficient (Wildman–Crippen LogP) is 2.70. The Morgan fingerprint density at radius 3 is 2.38 bits per heavy atom. The smallest absolute Gasteiger partial charge is 0.326 e. The molecular formula is C22H31N3O4. The number of hydrogen-bond donors (Lipinski definition) is 1. The molecule has 7 heteroatoms. The first-order chi connectivity index (χ1) is 13.5. The van der Waals surface area contributed by atoms with E-state index in [0.29, 0.717) is 13.1 Å². The highest BCUT2D eigenvalue weighted by molar-refractivity contribution is 5.89. The third kappa shape index (κ3) is 4.90. The quantitative estimate of drug-likeness (QED) is 0.798. The van der Waals surface area contributed by atoms with Gasteiger partial charge in [0.1, 0.15) is 12.1 Å². The lowest BCUT2D eigenvalue weighted by atomic mass is 10.1. The lowest BCUT2D eigenvalue weighted by molar-refractivity contribution is -0.155. The molecule has 29 heavy (non-hydrogen) atoms. The fraction of sp³-hybridized carbons (Fsp3) is 0.545. The molecule has 1 saturated heterocycles. The number of carbonyl (C=O) groups is 2. The normalized spacial score (nSPS) is 16.2. The topological polar surface area (TPSA) is 75.0 Å². The molecule has 1 fully saturated rings. The Kier molecular flexibility index (Phi) is 5.89. The van der Waals surface area contributed by atoms with Gasteiger partial charge in [-0.05, 0) is 45.9 Å². The number of nitrogens with zero attached hydrogens (tertiary/aromatic N) is 3.